The number of nitrogens with zero attached hydrogens (tertiary/aromatic N) is 1. The van der Waals surface area contributed by atoms with Gasteiger partial charge in [0.2, 0.25) is 11.8 Å². The standard InChI is InChI=1S/C50H79N5O15Si/c1-14-33(56)27-67-41-25-32-24-36(43(41)68-29-65-19-20-71(11,12)13)35-22-31(15-16-40(35)66-28-34(57)26-53-48(63)70-50(6,7)8)23-38(46(61)64-10)54-44(59)30(2)21-39(58)42(32)55(9)45(60)37(51)17-18-52-47(62)69-49(3,4)5/h15-16,22,24-25,30,33-34,37-38,42,56-57H,14,17-21,23,26-29,51H2,1-13H3,(H,52,62)(H,53,63)(H,54,59)/t30-,33-,34-,37+,38+,42+/m1/s1. The molecule has 7 N–H and O–H groups in total. The summed E-state index contributed by atoms with van der Waals surface area (Å²) >= 11 is 0. The van der Waals surface area contributed by atoms with Crippen LogP contribution in [0.4, 0.5) is 9.59 Å². The van der Waals surface area contributed by atoms with Crippen LogP contribution in [0.1, 0.15) is 91.8 Å². The van der Waals surface area contributed by atoms with Gasteiger partial charge in [-0.3, -0.25) is 14.4 Å². The van der Waals surface area contributed by atoms with Crippen molar-refractivity contribution in [2.45, 2.75) is 148 Å². The van der Waals surface area contributed by atoms with Gasteiger partial charge in [0, 0.05) is 58.2 Å². The summed E-state index contributed by atoms with van der Waals surface area (Å²) in [5.41, 5.74) is 6.17. The van der Waals surface area contributed by atoms with E-state index in [-0.39, 0.29) is 74.3 Å². The lowest BCUT2D eigenvalue weighted by Crippen LogP contribution is -2.48. The van der Waals surface area contributed by atoms with Crippen molar-refractivity contribution >= 4 is 43.8 Å². The van der Waals surface area contributed by atoms with Gasteiger partial charge in [-0.1, -0.05) is 39.6 Å². The molecule has 1 aliphatic rings. The van der Waals surface area contributed by atoms with Crippen molar-refractivity contribution in [2.75, 3.05) is 53.9 Å². The maximum Gasteiger partial charge on any atom is 0.407 e. The SMILES string of the molecule is CC[C@@H](O)COc1cc2cc(c1OCOCC[Si](C)(C)C)-c1cc(ccc1OC[C@H](O)CNC(=O)OC(C)(C)C)C[C@@H](C(=O)OC)NC(=O)[C@H](C)CC(=O)[C@H]2N(C)C(=O)[C@@H](N)CCNC(=O)OC(C)(C)C. The van der Waals surface area contributed by atoms with E-state index in [9.17, 15) is 39.0 Å². The zero-order chi connectivity index (χ0) is 53.4. The van der Waals surface area contributed by atoms with Crippen LogP contribution in [-0.2, 0) is 44.5 Å². The first-order chi connectivity index (χ1) is 33.0. The van der Waals surface area contributed by atoms with Gasteiger partial charge in [-0.15, -0.1) is 0 Å². The van der Waals surface area contributed by atoms with Crippen LogP contribution in [0.25, 0.3) is 11.1 Å². The normalized spacial score (nSPS) is 17.8. The Morgan fingerprint density at radius 1 is 0.873 bits per heavy atom. The number of esters is 1. The lowest BCUT2D eigenvalue weighted by Gasteiger charge is -2.32. The molecule has 0 saturated carbocycles. The number of fused-ring (bicyclic) bond motifs is 5. The molecule has 0 saturated heterocycles. The van der Waals surface area contributed by atoms with E-state index in [4.69, 9.17) is 38.9 Å². The highest BCUT2D eigenvalue weighted by Crippen LogP contribution is 2.46. The number of carbonyl (C=O) groups is 6. The van der Waals surface area contributed by atoms with Crippen LogP contribution in [0.3, 0.4) is 0 Å². The topological polar surface area (TPSA) is 273 Å². The molecule has 21 heteroatoms. The van der Waals surface area contributed by atoms with Gasteiger partial charge < -0.3 is 70.0 Å². The number of nitrogens with two attached hydrogens (primary N) is 1. The zero-order valence-corrected chi connectivity index (χ0v) is 44.9. The predicted molar refractivity (Wildman–Crippen MR) is 268 cm³/mol. The fourth-order valence-electron chi connectivity index (χ4n) is 7.05. The van der Waals surface area contributed by atoms with E-state index in [1.54, 1.807) is 72.7 Å². The minimum absolute atomic E-state index is 0.0361. The van der Waals surface area contributed by atoms with Crippen molar-refractivity contribution < 1.29 is 72.1 Å². The molecule has 0 fully saturated rings. The number of likely N-dealkylation sites (N-methyl/N-ethyl adjacent to an activating group) is 1. The number of aliphatic hydroxyl groups is 2. The van der Waals surface area contributed by atoms with Crippen LogP contribution in [-0.4, -0.2) is 148 Å². The molecule has 0 unspecified atom stereocenters. The Balaban J connectivity index is 2.36. The van der Waals surface area contributed by atoms with E-state index < -0.39 is 97.7 Å². The van der Waals surface area contributed by atoms with Crippen molar-refractivity contribution in [3.63, 3.8) is 0 Å². The highest BCUT2D eigenvalue weighted by atomic mass is 28.3. The first-order valence-electron chi connectivity index (χ1n) is 24.0. The second-order valence-electron chi connectivity index (χ2n) is 21.0. The molecule has 0 aromatic heterocycles. The van der Waals surface area contributed by atoms with Crippen LogP contribution in [0.2, 0.25) is 25.7 Å². The molecular weight excluding hydrogens is 939 g/mol. The van der Waals surface area contributed by atoms with Gasteiger partial charge in [0.05, 0.1) is 25.8 Å². The van der Waals surface area contributed by atoms with E-state index in [2.05, 4.69) is 35.6 Å². The van der Waals surface area contributed by atoms with Gasteiger partial charge in [0.15, 0.2) is 24.1 Å². The molecular formula is C50H79N5O15Si. The molecule has 4 amide bonds. The summed E-state index contributed by atoms with van der Waals surface area (Å²) < 4.78 is 40.8. The molecule has 0 aliphatic carbocycles. The summed E-state index contributed by atoms with van der Waals surface area (Å²) in [6.45, 7) is 19.5. The number of hydrogen-bond acceptors (Lipinski definition) is 16. The second-order valence-corrected chi connectivity index (χ2v) is 26.6. The number of rotatable bonds is 21. The maximum absolute atomic E-state index is 14.9. The number of ether oxygens (including phenoxy) is 7. The third-order valence-corrected chi connectivity index (χ3v) is 12.6. The van der Waals surface area contributed by atoms with Gasteiger partial charge >= 0.3 is 18.2 Å². The Morgan fingerprint density at radius 2 is 1.49 bits per heavy atom. The number of hydrogen-bond donors (Lipinski definition) is 6. The summed E-state index contributed by atoms with van der Waals surface area (Å²) in [5.74, 6) is -3.35. The Hall–Kier alpha value is -5.48. The molecule has 71 heavy (non-hydrogen) atoms. The van der Waals surface area contributed by atoms with E-state index in [1.165, 1.54) is 32.0 Å². The summed E-state index contributed by atoms with van der Waals surface area (Å²) in [6.07, 6.45) is -3.81. The summed E-state index contributed by atoms with van der Waals surface area (Å²) in [6, 6.07) is 5.03. The molecule has 398 valence electrons. The molecule has 6 atom stereocenters. The number of nitrogens with one attached hydrogen (secondary N) is 3. The van der Waals surface area contributed by atoms with Crippen molar-refractivity contribution in [2.24, 2.45) is 11.7 Å². The molecule has 3 rings (SSSR count). The third-order valence-electron chi connectivity index (χ3n) is 10.9. The maximum atomic E-state index is 14.9. The zero-order valence-electron chi connectivity index (χ0n) is 43.9. The van der Waals surface area contributed by atoms with Crippen LogP contribution >= 0.6 is 0 Å². The fraction of sp³-hybridized carbons (Fsp3) is 0.640. The number of amides is 4. The number of Topliss-reactive ketones (excluding diaryl/α,β-unsaturated/α-hetero) is 1. The molecule has 0 radical (unpaired) electrons. The van der Waals surface area contributed by atoms with Crippen LogP contribution < -0.4 is 35.9 Å². The minimum atomic E-state index is -1.52. The van der Waals surface area contributed by atoms with Gasteiger partial charge in [-0.25, -0.2) is 14.4 Å². The van der Waals surface area contributed by atoms with Crippen molar-refractivity contribution in [3.05, 3.63) is 41.5 Å². The first kappa shape index (κ1) is 59.8. The van der Waals surface area contributed by atoms with Gasteiger partial charge in [0.25, 0.3) is 0 Å². The average Bonchev–Trinajstić information content (AvgIpc) is 3.26. The fourth-order valence-corrected chi connectivity index (χ4v) is 7.81. The van der Waals surface area contributed by atoms with Crippen molar-refractivity contribution in [1.29, 1.82) is 0 Å². The van der Waals surface area contributed by atoms with Gasteiger partial charge in [-0.05, 0) is 95.8 Å². The molecule has 1 aliphatic heterocycles. The van der Waals surface area contributed by atoms with Gasteiger partial charge in [0.1, 0.15) is 48.4 Å². The summed E-state index contributed by atoms with van der Waals surface area (Å²) in [7, 11) is 1.06. The van der Waals surface area contributed by atoms with Crippen LogP contribution in [0.5, 0.6) is 17.2 Å². The highest BCUT2D eigenvalue weighted by molar-refractivity contribution is 6.76. The quantitative estimate of drug-likeness (QED) is 0.0315. The first-order valence-corrected chi connectivity index (χ1v) is 27.7. The van der Waals surface area contributed by atoms with Crippen LogP contribution in [0.15, 0.2) is 30.3 Å². The number of benzene rings is 2. The number of ketones is 1. The molecule has 0 spiro atoms. The van der Waals surface area contributed by atoms with E-state index in [0.717, 1.165) is 6.04 Å². The van der Waals surface area contributed by atoms with Crippen molar-refractivity contribution in [1.82, 2.24) is 20.9 Å². The van der Waals surface area contributed by atoms with Crippen molar-refractivity contribution in [3.8, 4) is 28.4 Å². The number of carbonyl (C=O) groups excluding carboxylic acids is 6. The van der Waals surface area contributed by atoms with E-state index >= 15 is 0 Å². The molecule has 1 heterocycles. The third kappa shape index (κ3) is 20.3. The largest absolute Gasteiger partial charge is 0.490 e. The summed E-state index contributed by atoms with van der Waals surface area (Å²) in [4.78, 5) is 82.3. The number of alkyl carbamates (subject to hydrolysis) is 2. The molecule has 4 bridgehead atoms. The smallest absolute Gasteiger partial charge is 0.407 e. The van der Waals surface area contributed by atoms with Gasteiger partial charge in [-0.2, -0.15) is 0 Å². The number of methoxy groups -OCH3 is 1. The van der Waals surface area contributed by atoms with E-state index in [1.807, 2.05) is 0 Å². The molecule has 2 aromatic carbocycles. The predicted octanol–water partition coefficient (Wildman–Crippen LogP) is 5.01. The Kier molecular flexibility index (Phi) is 22.6. The average molecular weight is 1020 g/mol. The lowest BCUT2D eigenvalue weighted by molar-refractivity contribution is -0.145. The Bertz CT molecular complexity index is 2140. The Morgan fingerprint density at radius 3 is 2.10 bits per heavy atom. The number of aliphatic hydroxyl groups excluding tert-OH is 2. The minimum Gasteiger partial charge on any atom is -0.490 e. The molecule has 2 aromatic rings. The van der Waals surface area contributed by atoms with E-state index in [0.29, 0.717) is 24.2 Å². The second kappa shape index (κ2) is 26.8. The molecule has 20 nitrogen and oxygen atoms in total. The summed E-state index contributed by atoms with van der Waals surface area (Å²) in [5, 5.41) is 29.7. The Labute approximate surface area is 419 Å². The highest BCUT2D eigenvalue weighted by Gasteiger charge is 2.36. The van der Waals surface area contributed by atoms with Crippen LogP contribution in [0, 0.1) is 5.92 Å². The monoisotopic (exact) mass is 1020 g/mol. The lowest BCUT2D eigenvalue weighted by atomic mass is 9.89.